The van der Waals surface area contributed by atoms with E-state index < -0.39 is 11.6 Å². The molecule has 126 valence electrons. The van der Waals surface area contributed by atoms with Crippen LogP contribution in [0, 0.1) is 16.7 Å². The summed E-state index contributed by atoms with van der Waals surface area (Å²) < 4.78 is 1.36. The maximum Gasteiger partial charge on any atom is 0.413 e. The molecule has 1 fully saturated rings. The van der Waals surface area contributed by atoms with Crippen molar-refractivity contribution in [1.29, 1.82) is 5.26 Å². The Morgan fingerprint density at radius 3 is 2.62 bits per heavy atom. The average molecular weight is 346 g/mol. The van der Waals surface area contributed by atoms with Gasteiger partial charge < -0.3 is 5.11 Å². The Kier molecular flexibility index (Phi) is 3.68. The Morgan fingerprint density at radius 1 is 1.50 bits per heavy atom. The fourth-order valence-electron chi connectivity index (χ4n) is 3.06. The zero-order valence-corrected chi connectivity index (χ0v) is 14.8. The first-order valence-electron chi connectivity index (χ1n) is 7.48. The third-order valence-electron chi connectivity index (χ3n) is 4.57. The molecule has 9 heteroatoms. The van der Waals surface area contributed by atoms with Gasteiger partial charge in [0, 0.05) is 0 Å². The summed E-state index contributed by atoms with van der Waals surface area (Å²) in [4.78, 5) is 22.0. The molecule has 3 rings (SSSR count). The minimum atomic E-state index is -1.07. The number of rotatable bonds is 3. The molecule has 1 aliphatic carbocycles. The molecule has 1 N–H and O–H groups in total. The summed E-state index contributed by atoms with van der Waals surface area (Å²) in [6.07, 6.45) is 3.64. The number of aromatic nitrogens is 4. The van der Waals surface area contributed by atoms with Crippen LogP contribution in [0.15, 0.2) is 11.4 Å². The van der Waals surface area contributed by atoms with Crippen molar-refractivity contribution in [3.8, 4) is 6.07 Å². The van der Waals surface area contributed by atoms with Gasteiger partial charge in [-0.05, 0) is 24.5 Å². The molecule has 2 aromatic heterocycles. The van der Waals surface area contributed by atoms with Gasteiger partial charge in [0.15, 0.2) is 17.2 Å². The zero-order valence-electron chi connectivity index (χ0n) is 13.9. The van der Waals surface area contributed by atoms with Crippen LogP contribution in [0.5, 0.6) is 0 Å². The summed E-state index contributed by atoms with van der Waals surface area (Å²) in [5.41, 5.74) is -0.253. The van der Waals surface area contributed by atoms with Gasteiger partial charge in [-0.3, -0.25) is 4.90 Å². The molecule has 8 nitrogen and oxygen atoms in total. The van der Waals surface area contributed by atoms with E-state index in [1.165, 1.54) is 27.4 Å². The molecule has 0 aliphatic heterocycles. The van der Waals surface area contributed by atoms with E-state index in [-0.39, 0.29) is 22.6 Å². The molecule has 0 radical (unpaired) electrons. The second-order valence-electron chi connectivity index (χ2n) is 6.81. The fourth-order valence-corrected chi connectivity index (χ4v) is 3.41. The summed E-state index contributed by atoms with van der Waals surface area (Å²) in [5, 5.41) is 23.8. The SMILES string of the molecule is CSc1nc(N(C(=O)O)C2(C(C)(C)C)CC2)c2ncc(C#N)n2n1. The van der Waals surface area contributed by atoms with Crippen LogP contribution in [0.4, 0.5) is 10.6 Å². The van der Waals surface area contributed by atoms with E-state index in [2.05, 4.69) is 15.1 Å². The zero-order chi connectivity index (χ0) is 17.7. The van der Waals surface area contributed by atoms with Crippen LogP contribution in [0.2, 0.25) is 0 Å². The lowest BCUT2D eigenvalue weighted by Crippen LogP contribution is -2.50. The third-order valence-corrected chi connectivity index (χ3v) is 5.11. The van der Waals surface area contributed by atoms with Crippen molar-refractivity contribution in [2.45, 2.75) is 44.3 Å². The molecular formula is C15H18N6O2S. The predicted octanol–water partition coefficient (Wildman–Crippen LogP) is 2.78. The Balaban J connectivity index is 2.28. The number of fused-ring (bicyclic) bond motifs is 1. The largest absolute Gasteiger partial charge is 0.465 e. The van der Waals surface area contributed by atoms with E-state index in [1.807, 2.05) is 26.8 Å². The molecule has 0 atom stereocenters. The Bertz CT molecular complexity index is 859. The van der Waals surface area contributed by atoms with Crippen molar-refractivity contribution in [2.75, 3.05) is 11.2 Å². The number of nitrogens with zero attached hydrogens (tertiary/aromatic N) is 6. The van der Waals surface area contributed by atoms with E-state index in [0.717, 1.165) is 12.8 Å². The summed E-state index contributed by atoms with van der Waals surface area (Å²) in [6.45, 7) is 6.07. The van der Waals surface area contributed by atoms with Gasteiger partial charge in [-0.2, -0.15) is 14.8 Å². The first kappa shape index (κ1) is 16.5. The van der Waals surface area contributed by atoms with Crippen molar-refractivity contribution >= 4 is 29.3 Å². The van der Waals surface area contributed by atoms with Crippen LogP contribution in [0.25, 0.3) is 5.65 Å². The molecule has 1 amide bonds. The fraction of sp³-hybridized carbons (Fsp3) is 0.533. The summed E-state index contributed by atoms with van der Waals surface area (Å²) in [5.74, 6) is 0.232. The van der Waals surface area contributed by atoms with Crippen LogP contribution in [-0.2, 0) is 0 Å². The molecule has 2 heterocycles. The van der Waals surface area contributed by atoms with E-state index in [4.69, 9.17) is 0 Å². The highest BCUT2D eigenvalue weighted by molar-refractivity contribution is 7.98. The number of nitriles is 1. The van der Waals surface area contributed by atoms with E-state index in [9.17, 15) is 15.2 Å². The van der Waals surface area contributed by atoms with Crippen molar-refractivity contribution in [3.05, 3.63) is 11.9 Å². The van der Waals surface area contributed by atoms with E-state index in [0.29, 0.717) is 5.16 Å². The van der Waals surface area contributed by atoms with Crippen LogP contribution in [0.1, 0.15) is 39.3 Å². The highest BCUT2D eigenvalue weighted by Crippen LogP contribution is 2.55. The first-order chi connectivity index (χ1) is 11.2. The second-order valence-corrected chi connectivity index (χ2v) is 7.59. The van der Waals surface area contributed by atoms with Crippen LogP contribution in [-0.4, -0.2) is 42.6 Å². The predicted molar refractivity (Wildman–Crippen MR) is 89.2 cm³/mol. The molecule has 0 bridgehead atoms. The van der Waals surface area contributed by atoms with Gasteiger partial charge in [-0.15, -0.1) is 5.10 Å². The van der Waals surface area contributed by atoms with E-state index in [1.54, 1.807) is 6.26 Å². The van der Waals surface area contributed by atoms with Gasteiger partial charge in [0.05, 0.1) is 11.7 Å². The van der Waals surface area contributed by atoms with E-state index >= 15 is 0 Å². The van der Waals surface area contributed by atoms with Crippen molar-refractivity contribution in [3.63, 3.8) is 0 Å². The average Bonchev–Trinajstić information content (AvgIpc) is 3.20. The quantitative estimate of drug-likeness (QED) is 0.851. The maximum absolute atomic E-state index is 12.1. The Labute approximate surface area is 143 Å². The number of carboxylic acid groups (broad SMARTS) is 1. The van der Waals surface area contributed by atoms with Gasteiger partial charge >= 0.3 is 6.09 Å². The Morgan fingerprint density at radius 2 is 2.17 bits per heavy atom. The molecule has 0 spiro atoms. The highest BCUT2D eigenvalue weighted by Gasteiger charge is 2.59. The molecule has 2 aromatic rings. The van der Waals surface area contributed by atoms with Gasteiger partial charge in [0.25, 0.3) is 0 Å². The molecule has 0 saturated heterocycles. The number of hydrogen-bond donors (Lipinski definition) is 1. The Hall–Kier alpha value is -2.34. The highest BCUT2D eigenvalue weighted by atomic mass is 32.2. The van der Waals surface area contributed by atoms with Gasteiger partial charge in [-0.25, -0.2) is 9.78 Å². The molecule has 24 heavy (non-hydrogen) atoms. The van der Waals surface area contributed by atoms with Crippen LogP contribution < -0.4 is 4.90 Å². The normalized spacial score (nSPS) is 16.0. The number of hydrogen-bond acceptors (Lipinski definition) is 6. The lowest BCUT2D eigenvalue weighted by molar-refractivity contribution is 0.185. The number of anilines is 1. The van der Waals surface area contributed by atoms with Gasteiger partial charge in [0.2, 0.25) is 5.16 Å². The van der Waals surface area contributed by atoms with Crippen LogP contribution in [0.3, 0.4) is 0 Å². The first-order valence-corrected chi connectivity index (χ1v) is 8.70. The van der Waals surface area contributed by atoms with Crippen LogP contribution >= 0.6 is 11.8 Å². The smallest absolute Gasteiger partial charge is 0.413 e. The number of carbonyl (C=O) groups is 1. The van der Waals surface area contributed by atoms with Gasteiger partial charge in [-0.1, -0.05) is 32.5 Å². The summed E-state index contributed by atoms with van der Waals surface area (Å²) in [7, 11) is 0. The summed E-state index contributed by atoms with van der Waals surface area (Å²) >= 11 is 1.29. The number of thioether (sulfide) groups is 1. The minimum absolute atomic E-state index is 0.232. The van der Waals surface area contributed by atoms with Crippen molar-refractivity contribution in [2.24, 2.45) is 5.41 Å². The topological polar surface area (TPSA) is 107 Å². The molecular weight excluding hydrogens is 328 g/mol. The standard InChI is InChI=1S/C15H18N6O2S/c1-14(2,3)15(5-6-15)20(13(22)23)11-10-17-8-9(7-16)21(10)19-12(18-11)24-4/h8H,5-6H2,1-4H3,(H,22,23). The lowest BCUT2D eigenvalue weighted by Gasteiger charge is -2.38. The third kappa shape index (κ3) is 2.29. The van der Waals surface area contributed by atoms with Crippen molar-refractivity contribution in [1.82, 2.24) is 19.6 Å². The monoisotopic (exact) mass is 346 g/mol. The maximum atomic E-state index is 12.1. The molecule has 1 saturated carbocycles. The molecule has 0 aromatic carbocycles. The molecule has 0 unspecified atom stereocenters. The minimum Gasteiger partial charge on any atom is -0.465 e. The number of amides is 1. The van der Waals surface area contributed by atoms with Crippen molar-refractivity contribution < 1.29 is 9.90 Å². The number of imidazole rings is 1. The lowest BCUT2D eigenvalue weighted by atomic mass is 9.83. The second kappa shape index (κ2) is 5.34. The molecule has 1 aliphatic rings. The summed E-state index contributed by atoms with van der Waals surface area (Å²) in [6, 6.07) is 2.02. The van der Waals surface area contributed by atoms with Gasteiger partial charge in [0.1, 0.15) is 6.07 Å².